The highest BCUT2D eigenvalue weighted by molar-refractivity contribution is 7.18. The van der Waals surface area contributed by atoms with Crippen molar-refractivity contribution in [2.75, 3.05) is 0 Å². The first-order valence-electron chi connectivity index (χ1n) is 9.44. The number of aryl methyl sites for hydroxylation is 1. The molecule has 2 N–H and O–H groups in total. The Balaban J connectivity index is 1.52. The number of fused-ring (bicyclic) bond motifs is 2. The molecule has 1 heterocycles. The monoisotopic (exact) mass is 394 g/mol. The molecular formula is C22H22N2O3S. The van der Waals surface area contributed by atoms with E-state index >= 15 is 0 Å². The molecule has 4 rings (SSSR count). The van der Waals surface area contributed by atoms with Gasteiger partial charge in [0, 0.05) is 0 Å². The number of amides is 1. The first-order valence-corrected chi connectivity index (χ1v) is 10.3. The van der Waals surface area contributed by atoms with Gasteiger partial charge in [0.15, 0.2) is 0 Å². The van der Waals surface area contributed by atoms with Gasteiger partial charge in [0.1, 0.15) is 5.01 Å². The summed E-state index contributed by atoms with van der Waals surface area (Å²) in [5, 5.41) is 13.2. The van der Waals surface area contributed by atoms with E-state index in [1.807, 2.05) is 30.3 Å². The summed E-state index contributed by atoms with van der Waals surface area (Å²) in [6.45, 7) is 2.43. The molecule has 0 atom stereocenters. The quantitative estimate of drug-likeness (QED) is 0.668. The highest BCUT2D eigenvalue weighted by Crippen LogP contribution is 2.40. The number of benzene rings is 2. The average Bonchev–Trinajstić information content (AvgIpc) is 3.25. The van der Waals surface area contributed by atoms with E-state index in [-0.39, 0.29) is 12.3 Å². The molecule has 0 saturated heterocycles. The number of aliphatic carboxylic acids is 1. The molecule has 1 aliphatic rings. The first kappa shape index (κ1) is 18.6. The van der Waals surface area contributed by atoms with Gasteiger partial charge in [-0.15, -0.1) is 11.3 Å². The fourth-order valence-corrected chi connectivity index (χ4v) is 4.98. The third kappa shape index (κ3) is 3.52. The second-order valence-corrected chi connectivity index (χ2v) is 8.53. The fraction of sp³-hybridized carbons (Fsp3) is 0.318. The van der Waals surface area contributed by atoms with E-state index < -0.39 is 11.4 Å². The van der Waals surface area contributed by atoms with E-state index in [1.54, 1.807) is 11.3 Å². The van der Waals surface area contributed by atoms with Crippen molar-refractivity contribution in [3.63, 3.8) is 0 Å². The minimum Gasteiger partial charge on any atom is -0.481 e. The van der Waals surface area contributed by atoms with Crippen LogP contribution in [0.15, 0.2) is 42.5 Å². The Hall–Kier alpha value is -2.73. The van der Waals surface area contributed by atoms with Crippen molar-refractivity contribution < 1.29 is 14.7 Å². The zero-order valence-electron chi connectivity index (χ0n) is 15.7. The van der Waals surface area contributed by atoms with Crippen molar-refractivity contribution in [2.24, 2.45) is 5.41 Å². The zero-order valence-corrected chi connectivity index (χ0v) is 16.5. The Morgan fingerprint density at radius 3 is 2.54 bits per heavy atom. The number of nitrogens with zero attached hydrogens (tertiary/aromatic N) is 1. The van der Waals surface area contributed by atoms with Crippen LogP contribution in [0.2, 0.25) is 0 Å². The summed E-state index contributed by atoms with van der Waals surface area (Å²) in [4.78, 5) is 29.1. The van der Waals surface area contributed by atoms with Gasteiger partial charge in [0.2, 0.25) is 5.91 Å². The number of carbonyl (C=O) groups is 2. The summed E-state index contributed by atoms with van der Waals surface area (Å²) in [5.74, 6) is -1.16. The standard InChI is InChI=1S/C22H22N2O3S/c1-2-14-7-8-17-18(9-14)28-19(24-17)13-23-21(27)22(12-20(25)26)10-15-5-3-4-6-16(15)11-22/h3-9H,2,10-13H2,1H3,(H,23,27)(H,25,26). The van der Waals surface area contributed by atoms with Crippen LogP contribution in [-0.2, 0) is 35.4 Å². The maximum absolute atomic E-state index is 13.1. The summed E-state index contributed by atoms with van der Waals surface area (Å²) in [7, 11) is 0. The number of carboxylic acid groups (broad SMARTS) is 1. The van der Waals surface area contributed by atoms with Gasteiger partial charge in [-0.3, -0.25) is 9.59 Å². The summed E-state index contributed by atoms with van der Waals surface area (Å²) < 4.78 is 1.11. The molecule has 1 aromatic heterocycles. The summed E-state index contributed by atoms with van der Waals surface area (Å²) in [6.07, 6.45) is 1.72. The van der Waals surface area contributed by atoms with Crippen LogP contribution in [-0.4, -0.2) is 22.0 Å². The van der Waals surface area contributed by atoms with Crippen LogP contribution in [0.1, 0.15) is 35.0 Å². The molecule has 0 saturated carbocycles. The lowest BCUT2D eigenvalue weighted by atomic mass is 9.80. The van der Waals surface area contributed by atoms with Crippen LogP contribution in [0.4, 0.5) is 0 Å². The van der Waals surface area contributed by atoms with Crippen LogP contribution >= 0.6 is 11.3 Å². The molecule has 0 unspecified atom stereocenters. The van der Waals surface area contributed by atoms with Crippen LogP contribution in [0.3, 0.4) is 0 Å². The van der Waals surface area contributed by atoms with Gasteiger partial charge in [0.05, 0.1) is 28.6 Å². The lowest BCUT2D eigenvalue weighted by molar-refractivity contribution is -0.145. The number of hydrogen-bond donors (Lipinski definition) is 2. The van der Waals surface area contributed by atoms with Crippen molar-refractivity contribution in [1.82, 2.24) is 10.3 Å². The normalized spacial score (nSPS) is 14.8. The SMILES string of the molecule is CCc1ccc2nc(CNC(=O)C3(CC(=O)O)Cc4ccccc4C3)sc2c1. The highest BCUT2D eigenvalue weighted by atomic mass is 32.1. The second-order valence-electron chi connectivity index (χ2n) is 7.42. The van der Waals surface area contributed by atoms with Crippen molar-refractivity contribution in [1.29, 1.82) is 0 Å². The third-order valence-electron chi connectivity index (χ3n) is 5.45. The number of thiazole rings is 1. The Bertz CT molecular complexity index is 1030. The van der Waals surface area contributed by atoms with E-state index in [4.69, 9.17) is 0 Å². The van der Waals surface area contributed by atoms with E-state index in [0.29, 0.717) is 19.4 Å². The number of carboxylic acids is 1. The molecule has 3 aromatic rings. The van der Waals surface area contributed by atoms with E-state index in [9.17, 15) is 14.7 Å². The van der Waals surface area contributed by atoms with Crippen molar-refractivity contribution in [2.45, 2.75) is 39.2 Å². The number of rotatable bonds is 6. The molecule has 5 nitrogen and oxygen atoms in total. The molecule has 1 aliphatic carbocycles. The molecule has 6 heteroatoms. The fourth-order valence-electron chi connectivity index (χ4n) is 4.01. The Morgan fingerprint density at radius 2 is 1.89 bits per heavy atom. The maximum Gasteiger partial charge on any atom is 0.304 e. The molecule has 0 aliphatic heterocycles. The second kappa shape index (κ2) is 7.36. The minimum absolute atomic E-state index is 0.173. The molecule has 0 spiro atoms. The molecule has 0 bridgehead atoms. The van der Waals surface area contributed by atoms with Gasteiger partial charge in [-0.1, -0.05) is 37.3 Å². The smallest absolute Gasteiger partial charge is 0.304 e. The van der Waals surface area contributed by atoms with E-state index in [1.165, 1.54) is 5.56 Å². The van der Waals surface area contributed by atoms with Gasteiger partial charge in [-0.2, -0.15) is 0 Å². The van der Waals surface area contributed by atoms with Crippen LogP contribution in [0.25, 0.3) is 10.2 Å². The Morgan fingerprint density at radius 1 is 1.18 bits per heavy atom. The Kier molecular flexibility index (Phi) is 4.89. The summed E-state index contributed by atoms with van der Waals surface area (Å²) in [5.41, 5.74) is 3.38. The zero-order chi connectivity index (χ0) is 19.7. The van der Waals surface area contributed by atoms with Crippen LogP contribution in [0.5, 0.6) is 0 Å². The van der Waals surface area contributed by atoms with Crippen molar-refractivity contribution in [3.05, 3.63) is 64.2 Å². The molecule has 0 fully saturated rings. The van der Waals surface area contributed by atoms with Gasteiger partial charge < -0.3 is 10.4 Å². The molecule has 1 amide bonds. The number of hydrogen-bond acceptors (Lipinski definition) is 4. The number of carbonyl (C=O) groups excluding carboxylic acids is 1. The first-order chi connectivity index (χ1) is 13.5. The topological polar surface area (TPSA) is 79.3 Å². The van der Waals surface area contributed by atoms with Gasteiger partial charge in [0.25, 0.3) is 0 Å². The summed E-state index contributed by atoms with van der Waals surface area (Å²) >= 11 is 1.57. The average molecular weight is 394 g/mol. The lowest BCUT2D eigenvalue weighted by Crippen LogP contribution is -2.43. The van der Waals surface area contributed by atoms with Crippen LogP contribution < -0.4 is 5.32 Å². The minimum atomic E-state index is -0.949. The third-order valence-corrected chi connectivity index (χ3v) is 6.47. The maximum atomic E-state index is 13.1. The lowest BCUT2D eigenvalue weighted by Gasteiger charge is -2.25. The van der Waals surface area contributed by atoms with E-state index in [2.05, 4.69) is 29.4 Å². The van der Waals surface area contributed by atoms with Gasteiger partial charge in [-0.05, 0) is 48.1 Å². The predicted molar refractivity (Wildman–Crippen MR) is 109 cm³/mol. The summed E-state index contributed by atoms with van der Waals surface area (Å²) in [6, 6.07) is 14.0. The van der Waals surface area contributed by atoms with Gasteiger partial charge in [-0.25, -0.2) is 4.98 Å². The number of nitrogens with one attached hydrogen (secondary N) is 1. The molecular weight excluding hydrogens is 372 g/mol. The molecule has 0 radical (unpaired) electrons. The molecule has 144 valence electrons. The molecule has 28 heavy (non-hydrogen) atoms. The van der Waals surface area contributed by atoms with E-state index in [0.717, 1.165) is 32.8 Å². The molecule has 2 aromatic carbocycles. The Labute approximate surface area is 167 Å². The predicted octanol–water partition coefficient (Wildman–Crippen LogP) is 3.73. The number of aromatic nitrogens is 1. The van der Waals surface area contributed by atoms with Gasteiger partial charge >= 0.3 is 5.97 Å². The van der Waals surface area contributed by atoms with Crippen LogP contribution in [0, 0.1) is 5.41 Å². The largest absolute Gasteiger partial charge is 0.481 e. The van der Waals surface area contributed by atoms with Crippen molar-refractivity contribution >= 4 is 33.4 Å². The van der Waals surface area contributed by atoms with Crippen molar-refractivity contribution in [3.8, 4) is 0 Å². The highest BCUT2D eigenvalue weighted by Gasteiger charge is 2.45.